The number of quaternary nitrogens is 1. The summed E-state index contributed by atoms with van der Waals surface area (Å²) in [5.41, 5.74) is 2.12. The molecule has 7 heteroatoms. The highest BCUT2D eigenvalue weighted by Crippen LogP contribution is 2.27. The average Bonchev–Trinajstić information content (AvgIpc) is 2.76. The number of halogens is 1. The summed E-state index contributed by atoms with van der Waals surface area (Å²) in [6.45, 7) is 6.10. The van der Waals surface area contributed by atoms with Crippen molar-refractivity contribution in [3.05, 3.63) is 53.1 Å². The number of piperazine rings is 1. The fraction of sp³-hybridized carbons (Fsp3) is 0.409. The van der Waals surface area contributed by atoms with Gasteiger partial charge in [0, 0.05) is 17.3 Å². The van der Waals surface area contributed by atoms with E-state index in [0.29, 0.717) is 18.0 Å². The Morgan fingerprint density at radius 2 is 1.86 bits per heavy atom. The zero-order valence-corrected chi connectivity index (χ0v) is 18.0. The van der Waals surface area contributed by atoms with Gasteiger partial charge in [0.15, 0.2) is 17.5 Å². The van der Waals surface area contributed by atoms with Gasteiger partial charge >= 0.3 is 0 Å². The van der Waals surface area contributed by atoms with Gasteiger partial charge in [-0.05, 0) is 42.8 Å². The second kappa shape index (κ2) is 9.85. The van der Waals surface area contributed by atoms with Crippen LogP contribution in [0.25, 0.3) is 0 Å². The van der Waals surface area contributed by atoms with Gasteiger partial charge in [0.2, 0.25) is 0 Å². The number of nitrogens with zero attached hydrogens (tertiary/aromatic N) is 1. The molecule has 1 saturated heterocycles. The summed E-state index contributed by atoms with van der Waals surface area (Å²) >= 11 is 6.11. The van der Waals surface area contributed by atoms with Crippen molar-refractivity contribution < 1.29 is 19.2 Å². The number of ether oxygens (including phenoxy) is 2. The number of rotatable bonds is 7. The van der Waals surface area contributed by atoms with Crippen molar-refractivity contribution in [1.82, 2.24) is 5.32 Å². The monoisotopic (exact) mass is 418 g/mol. The zero-order valence-electron chi connectivity index (χ0n) is 17.2. The van der Waals surface area contributed by atoms with Crippen LogP contribution in [-0.2, 0) is 11.3 Å². The van der Waals surface area contributed by atoms with E-state index in [1.165, 1.54) is 4.90 Å². The molecule has 3 rings (SSSR count). The van der Waals surface area contributed by atoms with Gasteiger partial charge in [-0.15, -0.1) is 0 Å². The molecule has 1 aliphatic heterocycles. The first kappa shape index (κ1) is 21.3. The molecule has 0 saturated carbocycles. The summed E-state index contributed by atoms with van der Waals surface area (Å²) in [4.78, 5) is 16.3. The van der Waals surface area contributed by atoms with Crippen molar-refractivity contribution in [2.24, 2.45) is 0 Å². The molecule has 1 aliphatic rings. The minimum atomic E-state index is -0.100. The van der Waals surface area contributed by atoms with E-state index in [4.69, 9.17) is 21.1 Å². The van der Waals surface area contributed by atoms with Gasteiger partial charge in [-0.2, -0.15) is 0 Å². The lowest BCUT2D eigenvalue weighted by Gasteiger charge is -2.36. The Morgan fingerprint density at radius 1 is 1.14 bits per heavy atom. The molecule has 1 fully saturated rings. The molecule has 2 N–H and O–H groups in total. The molecule has 0 unspecified atom stereocenters. The SMILES string of the molecule is COc1ccc(CNC(=O)[C@H](C)[NH+]2CCN(c3cccc(Cl)c3)CC2)cc1OC. The Balaban J connectivity index is 1.51. The summed E-state index contributed by atoms with van der Waals surface area (Å²) in [5.74, 6) is 1.40. The molecule has 156 valence electrons. The predicted molar refractivity (Wildman–Crippen MR) is 115 cm³/mol. The van der Waals surface area contributed by atoms with E-state index in [1.807, 2.05) is 43.3 Å². The number of nitrogens with one attached hydrogen (secondary N) is 2. The van der Waals surface area contributed by atoms with Crippen LogP contribution in [0.3, 0.4) is 0 Å². The van der Waals surface area contributed by atoms with Crippen molar-refractivity contribution in [3.63, 3.8) is 0 Å². The van der Waals surface area contributed by atoms with Crippen LogP contribution in [0.1, 0.15) is 12.5 Å². The maximum atomic E-state index is 12.7. The largest absolute Gasteiger partial charge is 0.493 e. The first-order valence-corrected chi connectivity index (χ1v) is 10.2. The maximum Gasteiger partial charge on any atom is 0.278 e. The van der Waals surface area contributed by atoms with Crippen LogP contribution < -0.4 is 24.6 Å². The molecule has 0 aliphatic carbocycles. The van der Waals surface area contributed by atoms with Gasteiger partial charge in [-0.3, -0.25) is 4.79 Å². The topological polar surface area (TPSA) is 55.2 Å². The van der Waals surface area contributed by atoms with Crippen LogP contribution in [0, 0.1) is 0 Å². The normalized spacial score (nSPS) is 15.7. The highest BCUT2D eigenvalue weighted by Gasteiger charge is 2.29. The molecule has 2 aromatic rings. The van der Waals surface area contributed by atoms with Crippen molar-refractivity contribution >= 4 is 23.2 Å². The van der Waals surface area contributed by atoms with Gasteiger partial charge in [0.25, 0.3) is 5.91 Å². The summed E-state index contributed by atoms with van der Waals surface area (Å²) in [6.07, 6.45) is 0. The van der Waals surface area contributed by atoms with Crippen molar-refractivity contribution in [1.29, 1.82) is 0 Å². The Morgan fingerprint density at radius 3 is 2.52 bits per heavy atom. The molecule has 6 nitrogen and oxygen atoms in total. The average molecular weight is 419 g/mol. The Hall–Kier alpha value is -2.44. The van der Waals surface area contributed by atoms with Crippen LogP contribution in [0.4, 0.5) is 5.69 Å². The van der Waals surface area contributed by atoms with Crippen LogP contribution in [0.2, 0.25) is 5.02 Å². The molecule has 1 heterocycles. The van der Waals surface area contributed by atoms with Crippen LogP contribution >= 0.6 is 11.6 Å². The third kappa shape index (κ3) is 5.34. The number of carbonyl (C=O) groups is 1. The van der Waals surface area contributed by atoms with Crippen LogP contribution in [0.5, 0.6) is 11.5 Å². The van der Waals surface area contributed by atoms with Gasteiger partial charge < -0.3 is 24.6 Å². The van der Waals surface area contributed by atoms with E-state index < -0.39 is 0 Å². The first-order valence-electron chi connectivity index (χ1n) is 9.85. The molecule has 0 radical (unpaired) electrons. The zero-order chi connectivity index (χ0) is 20.8. The Bertz CT molecular complexity index is 838. The third-order valence-electron chi connectivity index (χ3n) is 5.50. The Kier molecular flexibility index (Phi) is 7.23. The lowest BCUT2D eigenvalue weighted by molar-refractivity contribution is -0.914. The highest BCUT2D eigenvalue weighted by atomic mass is 35.5. The van der Waals surface area contributed by atoms with Crippen molar-refractivity contribution in [2.45, 2.75) is 19.5 Å². The van der Waals surface area contributed by atoms with Crippen LogP contribution in [-0.4, -0.2) is 52.3 Å². The second-order valence-electron chi connectivity index (χ2n) is 7.25. The van der Waals surface area contributed by atoms with E-state index >= 15 is 0 Å². The number of hydrogen-bond acceptors (Lipinski definition) is 4. The van der Waals surface area contributed by atoms with E-state index in [-0.39, 0.29) is 11.9 Å². The van der Waals surface area contributed by atoms with Crippen LogP contribution in [0.15, 0.2) is 42.5 Å². The van der Waals surface area contributed by atoms with E-state index in [0.717, 1.165) is 42.5 Å². The number of carbonyl (C=O) groups excluding carboxylic acids is 1. The number of methoxy groups -OCH3 is 2. The fourth-order valence-corrected chi connectivity index (χ4v) is 3.86. The lowest BCUT2D eigenvalue weighted by atomic mass is 10.1. The summed E-state index contributed by atoms with van der Waals surface area (Å²) in [6, 6.07) is 13.5. The molecule has 0 bridgehead atoms. The quantitative estimate of drug-likeness (QED) is 0.719. The maximum absolute atomic E-state index is 12.7. The standard InChI is InChI=1S/C22H28ClN3O3/c1-16(22(27)24-15-17-7-8-20(28-2)21(13-17)29-3)25-9-11-26(12-10-25)19-6-4-5-18(23)14-19/h4-8,13-14,16H,9-12,15H2,1-3H3,(H,24,27)/p+1/t16-/m0/s1. The smallest absolute Gasteiger partial charge is 0.278 e. The van der Waals surface area contributed by atoms with E-state index in [2.05, 4.69) is 16.3 Å². The highest BCUT2D eigenvalue weighted by molar-refractivity contribution is 6.30. The van der Waals surface area contributed by atoms with Gasteiger partial charge in [0.05, 0.1) is 40.4 Å². The summed E-state index contributed by atoms with van der Waals surface area (Å²) in [5, 5.41) is 3.80. The van der Waals surface area contributed by atoms with Gasteiger partial charge in [-0.1, -0.05) is 23.7 Å². The number of benzene rings is 2. The number of anilines is 1. The first-order chi connectivity index (χ1) is 14.0. The molecule has 0 spiro atoms. The lowest BCUT2D eigenvalue weighted by Crippen LogP contribution is -3.19. The van der Waals surface area contributed by atoms with E-state index in [1.54, 1.807) is 14.2 Å². The number of hydrogen-bond donors (Lipinski definition) is 2. The molecule has 2 aromatic carbocycles. The van der Waals surface area contributed by atoms with Crippen molar-refractivity contribution in [2.75, 3.05) is 45.3 Å². The minimum Gasteiger partial charge on any atom is -0.493 e. The molecule has 29 heavy (non-hydrogen) atoms. The van der Waals surface area contributed by atoms with E-state index in [9.17, 15) is 4.79 Å². The second-order valence-corrected chi connectivity index (χ2v) is 7.69. The minimum absolute atomic E-state index is 0.0611. The fourth-order valence-electron chi connectivity index (χ4n) is 3.68. The molecular formula is C22H29ClN3O3+. The van der Waals surface area contributed by atoms with Crippen molar-refractivity contribution in [3.8, 4) is 11.5 Å². The third-order valence-corrected chi connectivity index (χ3v) is 5.73. The van der Waals surface area contributed by atoms with Gasteiger partial charge in [0.1, 0.15) is 0 Å². The number of amides is 1. The molecule has 0 aromatic heterocycles. The molecule has 1 amide bonds. The summed E-state index contributed by atoms with van der Waals surface area (Å²) in [7, 11) is 3.21. The predicted octanol–water partition coefficient (Wildman–Crippen LogP) is 1.77. The summed E-state index contributed by atoms with van der Waals surface area (Å²) < 4.78 is 10.6. The molecule has 1 atom stereocenters. The molecular weight excluding hydrogens is 390 g/mol. The Labute approximate surface area is 177 Å². The van der Waals surface area contributed by atoms with Gasteiger partial charge in [-0.25, -0.2) is 0 Å².